The smallest absolute Gasteiger partial charge is 0.457 e. The summed E-state index contributed by atoms with van der Waals surface area (Å²) in [5.74, 6) is 1.23. The van der Waals surface area contributed by atoms with Gasteiger partial charge in [0.1, 0.15) is 22.9 Å². The Morgan fingerprint density at radius 2 is 1.59 bits per heavy atom. The van der Waals surface area contributed by atoms with Gasteiger partial charge in [0.05, 0.1) is 11.0 Å². The summed E-state index contributed by atoms with van der Waals surface area (Å²) in [7, 11) is 0. The minimum absolute atomic E-state index is 0.307. The second-order valence-corrected chi connectivity index (χ2v) is 5.60. The van der Waals surface area contributed by atoms with Crippen molar-refractivity contribution in [2.75, 3.05) is 0 Å². The number of hydrogen-bond acceptors (Lipinski definition) is 4. The van der Waals surface area contributed by atoms with Gasteiger partial charge in [-0.2, -0.15) is 0 Å². The molecule has 0 aliphatic rings. The third kappa shape index (κ3) is 4.00. The summed E-state index contributed by atoms with van der Waals surface area (Å²) in [4.78, 5) is 11.9. The molecule has 0 bridgehead atoms. The van der Waals surface area contributed by atoms with Crippen LogP contribution < -0.4 is 9.47 Å². The zero-order valence-electron chi connectivity index (χ0n) is 13.7. The van der Waals surface area contributed by atoms with Gasteiger partial charge in [-0.05, 0) is 48.5 Å². The largest absolute Gasteiger partial charge is 0.573 e. The first-order valence-electron chi connectivity index (χ1n) is 7.91. The molecule has 8 heteroatoms. The van der Waals surface area contributed by atoms with Crippen LogP contribution in [0.3, 0.4) is 0 Å². The van der Waals surface area contributed by atoms with Gasteiger partial charge in [-0.1, -0.05) is 6.07 Å². The molecule has 0 spiro atoms. The Hall–Kier alpha value is -3.55. The molecule has 136 valence electrons. The lowest BCUT2D eigenvalue weighted by Crippen LogP contribution is -2.16. The SMILES string of the molecule is FC(F)(F)Oc1ccc(Oc2ccc3nc(-c4ccccn4)[nH]c3c2)cc1. The zero-order valence-corrected chi connectivity index (χ0v) is 13.7. The monoisotopic (exact) mass is 371 g/mol. The fraction of sp³-hybridized carbons (Fsp3) is 0.0526. The van der Waals surface area contributed by atoms with Crippen LogP contribution in [0.25, 0.3) is 22.6 Å². The van der Waals surface area contributed by atoms with Crippen molar-refractivity contribution < 1.29 is 22.6 Å². The Balaban J connectivity index is 1.54. The van der Waals surface area contributed by atoms with Crippen molar-refractivity contribution in [1.29, 1.82) is 0 Å². The molecule has 0 amide bonds. The molecule has 1 N–H and O–H groups in total. The average Bonchev–Trinajstić information content (AvgIpc) is 3.06. The summed E-state index contributed by atoms with van der Waals surface area (Å²) in [6.45, 7) is 0. The average molecular weight is 371 g/mol. The molecule has 0 aliphatic heterocycles. The van der Waals surface area contributed by atoms with Crippen LogP contribution >= 0.6 is 0 Å². The number of hydrogen-bond donors (Lipinski definition) is 1. The molecular weight excluding hydrogens is 359 g/mol. The Bertz CT molecular complexity index is 1060. The molecule has 0 saturated heterocycles. The van der Waals surface area contributed by atoms with E-state index in [4.69, 9.17) is 4.74 Å². The van der Waals surface area contributed by atoms with E-state index in [0.29, 0.717) is 17.3 Å². The van der Waals surface area contributed by atoms with E-state index in [1.165, 1.54) is 24.3 Å². The maximum absolute atomic E-state index is 12.2. The number of halogens is 3. The molecule has 2 aromatic carbocycles. The van der Waals surface area contributed by atoms with Crippen molar-refractivity contribution in [2.45, 2.75) is 6.36 Å². The Labute approximate surface area is 151 Å². The number of aromatic amines is 1. The number of nitrogens with zero attached hydrogens (tertiary/aromatic N) is 2. The number of H-pyrrole nitrogens is 1. The lowest BCUT2D eigenvalue weighted by Gasteiger charge is -2.10. The van der Waals surface area contributed by atoms with Crippen LogP contribution in [0.15, 0.2) is 66.9 Å². The summed E-state index contributed by atoms with van der Waals surface area (Å²) in [5, 5.41) is 0. The first kappa shape index (κ1) is 16.9. The highest BCUT2D eigenvalue weighted by Gasteiger charge is 2.30. The molecule has 0 fully saturated rings. The molecule has 2 heterocycles. The van der Waals surface area contributed by atoms with Crippen molar-refractivity contribution in [3.8, 4) is 28.8 Å². The number of benzene rings is 2. The molecular formula is C19H12F3N3O2. The van der Waals surface area contributed by atoms with E-state index in [2.05, 4.69) is 19.7 Å². The van der Waals surface area contributed by atoms with Gasteiger partial charge >= 0.3 is 6.36 Å². The fourth-order valence-corrected chi connectivity index (χ4v) is 2.52. The highest BCUT2D eigenvalue weighted by atomic mass is 19.4. The second-order valence-electron chi connectivity index (χ2n) is 5.60. The van der Waals surface area contributed by atoms with Gasteiger partial charge in [-0.25, -0.2) is 4.98 Å². The molecule has 2 aromatic heterocycles. The van der Waals surface area contributed by atoms with Crippen LogP contribution in [0.1, 0.15) is 0 Å². The van der Waals surface area contributed by atoms with E-state index in [0.717, 1.165) is 16.7 Å². The number of rotatable bonds is 4. The van der Waals surface area contributed by atoms with Crippen LogP contribution in [-0.4, -0.2) is 21.3 Å². The maximum atomic E-state index is 12.2. The number of ether oxygens (including phenoxy) is 2. The van der Waals surface area contributed by atoms with Crippen LogP contribution in [-0.2, 0) is 0 Å². The number of pyridine rings is 1. The van der Waals surface area contributed by atoms with Gasteiger partial charge < -0.3 is 14.5 Å². The van der Waals surface area contributed by atoms with Gasteiger partial charge in [0.2, 0.25) is 0 Å². The number of imidazole rings is 1. The summed E-state index contributed by atoms with van der Waals surface area (Å²) >= 11 is 0. The quantitative estimate of drug-likeness (QED) is 0.528. The van der Waals surface area contributed by atoms with Gasteiger partial charge in [0.25, 0.3) is 0 Å². The Morgan fingerprint density at radius 3 is 2.30 bits per heavy atom. The van der Waals surface area contributed by atoms with Crippen LogP contribution in [0, 0.1) is 0 Å². The molecule has 0 radical (unpaired) electrons. The van der Waals surface area contributed by atoms with Crippen LogP contribution in [0.2, 0.25) is 0 Å². The second kappa shape index (κ2) is 6.64. The van der Waals surface area contributed by atoms with Crippen molar-refractivity contribution in [2.24, 2.45) is 0 Å². The van der Waals surface area contributed by atoms with E-state index in [1.807, 2.05) is 18.2 Å². The minimum Gasteiger partial charge on any atom is -0.457 e. The number of alkyl halides is 3. The van der Waals surface area contributed by atoms with E-state index in [-0.39, 0.29) is 5.75 Å². The maximum Gasteiger partial charge on any atom is 0.573 e. The summed E-state index contributed by atoms with van der Waals surface area (Å²) in [6.07, 6.45) is -3.04. The first-order chi connectivity index (χ1) is 13.0. The highest BCUT2D eigenvalue weighted by Crippen LogP contribution is 2.29. The van der Waals surface area contributed by atoms with Gasteiger partial charge in [-0.15, -0.1) is 13.2 Å². The van der Waals surface area contributed by atoms with E-state index in [1.54, 1.807) is 24.4 Å². The normalized spacial score (nSPS) is 11.5. The summed E-state index contributed by atoms with van der Waals surface area (Å²) < 4.78 is 46.1. The molecule has 4 aromatic rings. The number of fused-ring (bicyclic) bond motifs is 1. The fourth-order valence-electron chi connectivity index (χ4n) is 2.52. The third-order valence-corrected chi connectivity index (χ3v) is 3.65. The highest BCUT2D eigenvalue weighted by molar-refractivity contribution is 5.80. The predicted octanol–water partition coefficient (Wildman–Crippen LogP) is 5.32. The molecule has 5 nitrogen and oxygen atoms in total. The van der Waals surface area contributed by atoms with Crippen LogP contribution in [0.5, 0.6) is 17.2 Å². The Morgan fingerprint density at radius 1 is 0.852 bits per heavy atom. The molecule has 0 saturated carbocycles. The number of nitrogens with one attached hydrogen (secondary N) is 1. The molecule has 0 unspecified atom stereocenters. The van der Waals surface area contributed by atoms with Gasteiger partial charge in [0.15, 0.2) is 5.82 Å². The molecule has 27 heavy (non-hydrogen) atoms. The van der Waals surface area contributed by atoms with E-state index < -0.39 is 6.36 Å². The topological polar surface area (TPSA) is 60.0 Å². The predicted molar refractivity (Wildman–Crippen MR) is 92.5 cm³/mol. The minimum atomic E-state index is -4.72. The molecule has 4 rings (SSSR count). The third-order valence-electron chi connectivity index (χ3n) is 3.65. The standard InChI is InChI=1S/C19H12F3N3O2/c20-19(21,22)27-13-6-4-12(5-7-13)26-14-8-9-15-17(11-14)25-18(24-15)16-3-1-2-10-23-16/h1-11H,(H,24,25). The lowest BCUT2D eigenvalue weighted by atomic mass is 10.3. The molecule has 0 aliphatic carbocycles. The van der Waals surface area contributed by atoms with Crippen molar-refractivity contribution in [3.63, 3.8) is 0 Å². The van der Waals surface area contributed by atoms with Crippen molar-refractivity contribution in [3.05, 3.63) is 66.9 Å². The lowest BCUT2D eigenvalue weighted by molar-refractivity contribution is -0.274. The van der Waals surface area contributed by atoms with Crippen LogP contribution in [0.4, 0.5) is 13.2 Å². The first-order valence-corrected chi connectivity index (χ1v) is 7.91. The van der Waals surface area contributed by atoms with Gasteiger partial charge in [-0.3, -0.25) is 4.98 Å². The Kier molecular flexibility index (Phi) is 4.15. The van der Waals surface area contributed by atoms with Crippen molar-refractivity contribution >= 4 is 11.0 Å². The molecule has 0 atom stereocenters. The summed E-state index contributed by atoms with van der Waals surface area (Å²) in [5.41, 5.74) is 2.22. The summed E-state index contributed by atoms with van der Waals surface area (Å²) in [6, 6.07) is 16.0. The number of aromatic nitrogens is 3. The zero-order chi connectivity index (χ0) is 18.9. The van der Waals surface area contributed by atoms with E-state index >= 15 is 0 Å². The van der Waals surface area contributed by atoms with Gasteiger partial charge in [0, 0.05) is 12.3 Å². The van der Waals surface area contributed by atoms with Crippen molar-refractivity contribution in [1.82, 2.24) is 15.0 Å². The van der Waals surface area contributed by atoms with E-state index in [9.17, 15) is 13.2 Å².